The number of guanidine groups is 1. The van der Waals surface area contributed by atoms with Crippen molar-refractivity contribution in [3.8, 4) is 5.75 Å². The van der Waals surface area contributed by atoms with Gasteiger partial charge >= 0.3 is 0 Å². The highest BCUT2D eigenvalue weighted by molar-refractivity contribution is 14.0. The number of nitrogens with one attached hydrogen (secondary N) is 2. The molecule has 29 heavy (non-hydrogen) atoms. The SMILES string of the molecule is CCNC(=NCC1(C(=O)N(C)C)CCCC1)NCCc1ccc2c(c1)CCO2.I. The summed E-state index contributed by atoms with van der Waals surface area (Å²) in [6.07, 6.45) is 6.03. The number of benzene rings is 1. The minimum atomic E-state index is -0.328. The van der Waals surface area contributed by atoms with Gasteiger partial charge in [0.2, 0.25) is 5.91 Å². The Hall–Kier alpha value is -1.51. The molecule has 1 saturated carbocycles. The maximum absolute atomic E-state index is 12.7. The van der Waals surface area contributed by atoms with Crippen molar-refractivity contribution in [1.29, 1.82) is 0 Å². The third-order valence-electron chi connectivity index (χ3n) is 5.76. The first-order valence-electron chi connectivity index (χ1n) is 10.5. The molecule has 2 N–H and O–H groups in total. The van der Waals surface area contributed by atoms with Gasteiger partial charge < -0.3 is 20.3 Å². The van der Waals surface area contributed by atoms with Crippen LogP contribution in [0.2, 0.25) is 0 Å². The molecule has 7 heteroatoms. The highest BCUT2D eigenvalue weighted by Crippen LogP contribution is 2.39. The van der Waals surface area contributed by atoms with E-state index in [0.717, 1.165) is 69.9 Å². The normalized spacial score (nSPS) is 17.1. The average molecular weight is 514 g/mol. The molecule has 1 aromatic rings. The Morgan fingerprint density at radius 1 is 1.24 bits per heavy atom. The fraction of sp³-hybridized carbons (Fsp3) is 0.636. The molecular weight excluding hydrogens is 479 g/mol. The number of nitrogens with zero attached hydrogens (tertiary/aromatic N) is 2. The Morgan fingerprint density at radius 3 is 2.69 bits per heavy atom. The molecule has 0 unspecified atom stereocenters. The maximum atomic E-state index is 12.7. The van der Waals surface area contributed by atoms with Gasteiger partial charge in [-0.25, -0.2) is 0 Å². The van der Waals surface area contributed by atoms with Gasteiger partial charge in [-0.2, -0.15) is 0 Å². The van der Waals surface area contributed by atoms with Gasteiger partial charge in [-0.3, -0.25) is 9.79 Å². The van der Waals surface area contributed by atoms with E-state index < -0.39 is 0 Å². The largest absolute Gasteiger partial charge is 0.493 e. The van der Waals surface area contributed by atoms with Gasteiger partial charge in [0.05, 0.1) is 18.6 Å². The number of hydrogen-bond donors (Lipinski definition) is 2. The van der Waals surface area contributed by atoms with Crippen LogP contribution in [0, 0.1) is 5.41 Å². The van der Waals surface area contributed by atoms with Gasteiger partial charge in [-0.1, -0.05) is 25.0 Å². The van der Waals surface area contributed by atoms with Gasteiger partial charge in [-0.15, -0.1) is 24.0 Å². The van der Waals surface area contributed by atoms with E-state index in [-0.39, 0.29) is 35.3 Å². The lowest BCUT2D eigenvalue weighted by atomic mass is 9.85. The van der Waals surface area contributed by atoms with Crippen molar-refractivity contribution < 1.29 is 9.53 Å². The number of hydrogen-bond acceptors (Lipinski definition) is 3. The van der Waals surface area contributed by atoms with E-state index >= 15 is 0 Å². The Balaban J connectivity index is 0.00000300. The van der Waals surface area contributed by atoms with E-state index in [2.05, 4.69) is 35.8 Å². The first kappa shape index (κ1) is 23.8. The summed E-state index contributed by atoms with van der Waals surface area (Å²) in [5.41, 5.74) is 2.29. The van der Waals surface area contributed by atoms with Crippen LogP contribution in [-0.2, 0) is 17.6 Å². The summed E-state index contributed by atoms with van der Waals surface area (Å²) in [6, 6.07) is 6.46. The molecule has 0 aromatic heterocycles. The van der Waals surface area contributed by atoms with Crippen LogP contribution < -0.4 is 15.4 Å². The number of carbonyl (C=O) groups is 1. The second kappa shape index (κ2) is 11.0. The molecule has 0 spiro atoms. The van der Waals surface area contributed by atoms with E-state index in [4.69, 9.17) is 9.73 Å². The summed E-state index contributed by atoms with van der Waals surface area (Å²) >= 11 is 0. The Kier molecular flexibility index (Phi) is 9.04. The monoisotopic (exact) mass is 514 g/mol. The van der Waals surface area contributed by atoms with Crippen LogP contribution >= 0.6 is 24.0 Å². The second-order valence-electron chi connectivity index (χ2n) is 8.10. The van der Waals surface area contributed by atoms with Crippen LogP contribution in [-0.4, -0.2) is 57.1 Å². The minimum Gasteiger partial charge on any atom is -0.493 e. The van der Waals surface area contributed by atoms with Gasteiger partial charge in [0, 0.05) is 33.6 Å². The van der Waals surface area contributed by atoms with E-state index in [0.29, 0.717) is 6.54 Å². The lowest BCUT2D eigenvalue weighted by Crippen LogP contribution is -2.43. The smallest absolute Gasteiger partial charge is 0.230 e. The molecule has 1 aliphatic heterocycles. The van der Waals surface area contributed by atoms with Crippen LogP contribution in [0.15, 0.2) is 23.2 Å². The van der Waals surface area contributed by atoms with Crippen molar-refractivity contribution in [3.63, 3.8) is 0 Å². The number of rotatable bonds is 7. The van der Waals surface area contributed by atoms with Crippen molar-refractivity contribution in [2.24, 2.45) is 10.4 Å². The molecule has 162 valence electrons. The number of ether oxygens (including phenoxy) is 1. The van der Waals surface area contributed by atoms with Crippen molar-refractivity contribution >= 4 is 35.8 Å². The zero-order valence-corrected chi connectivity index (χ0v) is 20.3. The summed E-state index contributed by atoms with van der Waals surface area (Å²) in [5, 5.41) is 6.74. The predicted molar refractivity (Wildman–Crippen MR) is 128 cm³/mol. The number of aliphatic imine (C=N–C) groups is 1. The molecule has 2 aliphatic rings. The quantitative estimate of drug-likeness (QED) is 0.334. The second-order valence-corrected chi connectivity index (χ2v) is 8.10. The lowest BCUT2D eigenvalue weighted by Gasteiger charge is -2.29. The molecular formula is C22H35IN4O2. The zero-order valence-electron chi connectivity index (χ0n) is 17.9. The summed E-state index contributed by atoms with van der Waals surface area (Å²) in [5.74, 6) is 2.04. The summed E-state index contributed by atoms with van der Waals surface area (Å²) in [6.45, 7) is 5.02. The summed E-state index contributed by atoms with van der Waals surface area (Å²) < 4.78 is 5.58. The predicted octanol–water partition coefficient (Wildman–Crippen LogP) is 2.99. The highest BCUT2D eigenvalue weighted by Gasteiger charge is 2.42. The topological polar surface area (TPSA) is 66.0 Å². The first-order chi connectivity index (χ1) is 13.5. The molecule has 0 atom stereocenters. The molecule has 1 aromatic carbocycles. The van der Waals surface area contributed by atoms with Crippen molar-refractivity contribution in [1.82, 2.24) is 15.5 Å². The first-order valence-corrected chi connectivity index (χ1v) is 10.5. The van der Waals surface area contributed by atoms with Gasteiger partial charge in [0.25, 0.3) is 0 Å². The zero-order chi connectivity index (χ0) is 20.0. The standard InChI is InChI=1S/C22H34N4O2.HI/c1-4-23-21(25-16-22(11-5-6-12-22)20(27)26(2)3)24-13-9-17-7-8-19-18(15-17)10-14-28-19;/h7-8,15H,4-6,9-14,16H2,1-3H3,(H2,23,24,25);1H. The lowest BCUT2D eigenvalue weighted by molar-refractivity contribution is -0.138. The number of halogens is 1. The molecule has 1 fully saturated rings. The molecule has 0 bridgehead atoms. The molecule has 1 heterocycles. The fourth-order valence-electron chi connectivity index (χ4n) is 4.26. The third kappa shape index (κ3) is 5.99. The van der Waals surface area contributed by atoms with E-state index in [9.17, 15) is 4.79 Å². The summed E-state index contributed by atoms with van der Waals surface area (Å²) in [7, 11) is 3.69. The van der Waals surface area contributed by atoms with Crippen molar-refractivity contribution in [2.45, 2.75) is 45.4 Å². The highest BCUT2D eigenvalue weighted by atomic mass is 127. The van der Waals surface area contributed by atoms with Gasteiger partial charge in [0.1, 0.15) is 5.75 Å². The Labute approximate surface area is 191 Å². The van der Waals surface area contributed by atoms with Gasteiger partial charge in [-0.05, 0) is 43.4 Å². The van der Waals surface area contributed by atoms with E-state index in [1.54, 1.807) is 4.90 Å². The molecule has 0 saturated heterocycles. The average Bonchev–Trinajstić information content (AvgIpc) is 3.35. The van der Waals surface area contributed by atoms with Crippen LogP contribution in [0.3, 0.4) is 0 Å². The van der Waals surface area contributed by atoms with Crippen molar-refractivity contribution in [3.05, 3.63) is 29.3 Å². The van der Waals surface area contributed by atoms with Crippen molar-refractivity contribution in [2.75, 3.05) is 40.3 Å². The molecule has 0 radical (unpaired) electrons. The van der Waals surface area contributed by atoms with Crippen LogP contribution in [0.4, 0.5) is 0 Å². The summed E-state index contributed by atoms with van der Waals surface area (Å²) in [4.78, 5) is 19.2. The Morgan fingerprint density at radius 2 is 2.00 bits per heavy atom. The Bertz CT molecular complexity index is 715. The van der Waals surface area contributed by atoms with Crippen LogP contribution in [0.1, 0.15) is 43.7 Å². The minimum absolute atomic E-state index is 0. The van der Waals surface area contributed by atoms with Crippen LogP contribution in [0.25, 0.3) is 0 Å². The van der Waals surface area contributed by atoms with E-state index in [1.165, 1.54) is 11.1 Å². The molecule has 6 nitrogen and oxygen atoms in total. The number of fused-ring (bicyclic) bond motifs is 1. The molecule has 3 rings (SSSR count). The maximum Gasteiger partial charge on any atom is 0.230 e. The van der Waals surface area contributed by atoms with Crippen LogP contribution in [0.5, 0.6) is 5.75 Å². The molecule has 1 amide bonds. The third-order valence-corrected chi connectivity index (χ3v) is 5.76. The number of carbonyl (C=O) groups excluding carboxylic acids is 1. The number of amides is 1. The van der Waals surface area contributed by atoms with Gasteiger partial charge in [0.15, 0.2) is 5.96 Å². The van der Waals surface area contributed by atoms with E-state index in [1.807, 2.05) is 14.1 Å². The molecule has 1 aliphatic carbocycles. The fourth-order valence-corrected chi connectivity index (χ4v) is 4.26.